The maximum atomic E-state index is 13.3. The van der Waals surface area contributed by atoms with E-state index in [1.165, 1.54) is 35.9 Å². The van der Waals surface area contributed by atoms with Gasteiger partial charge in [0.15, 0.2) is 0 Å². The van der Waals surface area contributed by atoms with Crippen molar-refractivity contribution in [2.24, 2.45) is 0 Å². The van der Waals surface area contributed by atoms with Crippen LogP contribution < -0.4 is 5.32 Å². The van der Waals surface area contributed by atoms with Gasteiger partial charge in [-0.25, -0.2) is 8.78 Å². The summed E-state index contributed by atoms with van der Waals surface area (Å²) in [6.07, 6.45) is 11.2. The highest BCUT2D eigenvalue weighted by molar-refractivity contribution is 5.89. The fourth-order valence-electron chi connectivity index (χ4n) is 3.37. The summed E-state index contributed by atoms with van der Waals surface area (Å²) >= 11 is 0. The number of aromatic nitrogens is 1. The molecule has 0 fully saturated rings. The van der Waals surface area contributed by atoms with E-state index in [4.69, 9.17) is 0 Å². The molecule has 0 aliphatic carbocycles. The highest BCUT2D eigenvalue weighted by atomic mass is 19.1. The van der Waals surface area contributed by atoms with Gasteiger partial charge < -0.3 is 5.32 Å². The van der Waals surface area contributed by atoms with Gasteiger partial charge in [0.1, 0.15) is 11.6 Å². The Hall–Kier alpha value is -3.60. The maximum absolute atomic E-state index is 13.3. The molecule has 1 amide bonds. The summed E-state index contributed by atoms with van der Waals surface area (Å²) < 4.78 is 26.7. The predicted molar refractivity (Wildman–Crippen MR) is 124 cm³/mol. The Bertz CT molecular complexity index is 1010. The van der Waals surface area contributed by atoms with Crippen molar-refractivity contribution in [3.63, 3.8) is 0 Å². The Morgan fingerprint density at radius 3 is 2.19 bits per heavy atom. The molecule has 32 heavy (non-hydrogen) atoms. The second kappa shape index (κ2) is 11.7. The number of nitrogens with one attached hydrogen (secondary N) is 1. The molecule has 164 valence electrons. The number of pyridine rings is 1. The summed E-state index contributed by atoms with van der Waals surface area (Å²) in [5, 5.41) is 2.96. The summed E-state index contributed by atoms with van der Waals surface area (Å²) in [4.78, 5) is 16.4. The van der Waals surface area contributed by atoms with Crippen LogP contribution in [0.4, 0.5) is 8.78 Å². The van der Waals surface area contributed by atoms with Crippen LogP contribution in [0.3, 0.4) is 0 Å². The third kappa shape index (κ3) is 7.27. The van der Waals surface area contributed by atoms with Crippen LogP contribution in [0.15, 0.2) is 91.3 Å². The van der Waals surface area contributed by atoms with E-state index in [9.17, 15) is 13.6 Å². The van der Waals surface area contributed by atoms with Crippen molar-refractivity contribution in [3.05, 3.63) is 120 Å². The van der Waals surface area contributed by atoms with E-state index in [2.05, 4.69) is 10.3 Å². The minimum atomic E-state index is -0.334. The molecule has 0 aliphatic heterocycles. The third-order valence-electron chi connectivity index (χ3n) is 5.03. The van der Waals surface area contributed by atoms with Crippen molar-refractivity contribution in [3.8, 4) is 0 Å². The summed E-state index contributed by atoms with van der Waals surface area (Å²) in [5.41, 5.74) is 3.49. The lowest BCUT2D eigenvalue weighted by atomic mass is 9.97. The molecule has 2 aromatic carbocycles. The third-order valence-corrected chi connectivity index (χ3v) is 5.03. The molecule has 1 aromatic heterocycles. The molecule has 5 heteroatoms. The van der Waals surface area contributed by atoms with Crippen molar-refractivity contribution >= 4 is 11.5 Å². The number of amides is 1. The SMILES string of the molecule is CC(CCCc1cccnc1)NC(=O)/C=C/C=C(c1ccc(F)cc1)c1ccc(F)cc1. The summed E-state index contributed by atoms with van der Waals surface area (Å²) in [6.45, 7) is 1.98. The van der Waals surface area contributed by atoms with Crippen LogP contribution >= 0.6 is 0 Å². The number of benzene rings is 2. The second-order valence-corrected chi connectivity index (χ2v) is 7.62. The van der Waals surface area contributed by atoms with E-state index >= 15 is 0 Å². The zero-order valence-corrected chi connectivity index (χ0v) is 18.0. The van der Waals surface area contributed by atoms with E-state index in [0.29, 0.717) is 0 Å². The summed E-state index contributed by atoms with van der Waals surface area (Å²) in [5.74, 6) is -0.855. The standard InChI is InChI=1S/C27H26F2N2O/c1-20(5-2-6-21-7-4-18-30-19-21)31-27(32)9-3-8-26(22-10-14-24(28)15-11-22)23-12-16-25(29)17-13-23/h3-4,7-20H,2,5-6H2,1H3,(H,31,32)/b9-3+. The molecule has 3 nitrogen and oxygen atoms in total. The Kier molecular flexibility index (Phi) is 8.44. The summed E-state index contributed by atoms with van der Waals surface area (Å²) in [6, 6.07) is 16.1. The van der Waals surface area contributed by atoms with E-state index in [1.54, 1.807) is 42.6 Å². The molecule has 0 aliphatic rings. The van der Waals surface area contributed by atoms with Crippen LogP contribution in [0.25, 0.3) is 5.57 Å². The van der Waals surface area contributed by atoms with Gasteiger partial charge in [0.05, 0.1) is 0 Å². The van der Waals surface area contributed by atoms with Gasteiger partial charge in [-0.05, 0) is 78.8 Å². The Morgan fingerprint density at radius 1 is 1.00 bits per heavy atom. The van der Waals surface area contributed by atoms with E-state index in [0.717, 1.165) is 36.0 Å². The zero-order valence-electron chi connectivity index (χ0n) is 18.0. The van der Waals surface area contributed by atoms with Crippen LogP contribution in [-0.4, -0.2) is 16.9 Å². The first-order valence-corrected chi connectivity index (χ1v) is 10.6. The van der Waals surface area contributed by atoms with Crippen LogP contribution in [0.5, 0.6) is 0 Å². The molecule has 1 N–H and O–H groups in total. The fraction of sp³-hybridized carbons (Fsp3) is 0.185. The monoisotopic (exact) mass is 432 g/mol. The van der Waals surface area contributed by atoms with E-state index < -0.39 is 0 Å². The van der Waals surface area contributed by atoms with E-state index in [-0.39, 0.29) is 23.6 Å². The molecule has 0 saturated carbocycles. The first-order chi connectivity index (χ1) is 15.5. The van der Waals surface area contributed by atoms with Gasteiger partial charge >= 0.3 is 0 Å². The molecule has 1 atom stereocenters. The molecule has 3 aromatic rings. The Morgan fingerprint density at radius 2 is 1.62 bits per heavy atom. The number of hydrogen-bond donors (Lipinski definition) is 1. The van der Waals surface area contributed by atoms with Gasteiger partial charge in [0.25, 0.3) is 0 Å². The molecular weight excluding hydrogens is 406 g/mol. The fourth-order valence-corrected chi connectivity index (χ4v) is 3.37. The normalized spacial score (nSPS) is 11.8. The molecular formula is C27H26F2N2O. The zero-order chi connectivity index (χ0) is 22.8. The highest BCUT2D eigenvalue weighted by Gasteiger charge is 2.07. The number of aryl methyl sites for hydroxylation is 1. The van der Waals surface area contributed by atoms with Gasteiger partial charge in [0, 0.05) is 24.5 Å². The largest absolute Gasteiger partial charge is 0.350 e. The molecule has 0 radical (unpaired) electrons. The molecule has 0 saturated heterocycles. The Labute approximate surface area is 187 Å². The van der Waals surface area contributed by atoms with Crippen LogP contribution in [-0.2, 0) is 11.2 Å². The number of hydrogen-bond acceptors (Lipinski definition) is 2. The topological polar surface area (TPSA) is 42.0 Å². The number of halogens is 2. The van der Waals surface area contributed by atoms with Gasteiger partial charge in [-0.1, -0.05) is 42.5 Å². The molecule has 1 heterocycles. The van der Waals surface area contributed by atoms with Gasteiger partial charge in [-0.3, -0.25) is 9.78 Å². The van der Waals surface area contributed by atoms with Gasteiger partial charge in [-0.15, -0.1) is 0 Å². The maximum Gasteiger partial charge on any atom is 0.244 e. The van der Waals surface area contributed by atoms with Crippen molar-refractivity contribution in [2.75, 3.05) is 0 Å². The molecule has 0 bridgehead atoms. The van der Waals surface area contributed by atoms with Crippen molar-refractivity contribution in [2.45, 2.75) is 32.2 Å². The minimum Gasteiger partial charge on any atom is -0.350 e. The number of rotatable bonds is 9. The lowest BCUT2D eigenvalue weighted by molar-refractivity contribution is -0.117. The quantitative estimate of drug-likeness (QED) is 0.339. The Balaban J connectivity index is 1.61. The lowest BCUT2D eigenvalue weighted by Gasteiger charge is -2.12. The average Bonchev–Trinajstić information content (AvgIpc) is 2.79. The van der Waals surface area contributed by atoms with Crippen LogP contribution in [0, 0.1) is 11.6 Å². The average molecular weight is 433 g/mol. The van der Waals surface area contributed by atoms with Crippen molar-refractivity contribution in [1.29, 1.82) is 0 Å². The lowest BCUT2D eigenvalue weighted by Crippen LogP contribution is -2.31. The van der Waals surface area contributed by atoms with Gasteiger partial charge in [0.2, 0.25) is 5.91 Å². The predicted octanol–water partition coefficient (Wildman–Crippen LogP) is 5.88. The number of allylic oxidation sites excluding steroid dienone is 2. The van der Waals surface area contributed by atoms with Crippen molar-refractivity contribution < 1.29 is 13.6 Å². The second-order valence-electron chi connectivity index (χ2n) is 7.62. The van der Waals surface area contributed by atoms with Crippen LogP contribution in [0.1, 0.15) is 36.5 Å². The van der Waals surface area contributed by atoms with Crippen LogP contribution in [0.2, 0.25) is 0 Å². The highest BCUT2D eigenvalue weighted by Crippen LogP contribution is 2.24. The van der Waals surface area contributed by atoms with Crippen molar-refractivity contribution in [1.82, 2.24) is 10.3 Å². The summed E-state index contributed by atoms with van der Waals surface area (Å²) in [7, 11) is 0. The molecule has 3 rings (SSSR count). The van der Waals surface area contributed by atoms with Gasteiger partial charge in [-0.2, -0.15) is 0 Å². The molecule has 1 unspecified atom stereocenters. The van der Waals surface area contributed by atoms with E-state index in [1.807, 2.05) is 25.3 Å². The number of carbonyl (C=O) groups excluding carboxylic acids is 1. The smallest absolute Gasteiger partial charge is 0.244 e. The minimum absolute atomic E-state index is 0.0430. The molecule has 0 spiro atoms. The first-order valence-electron chi connectivity index (χ1n) is 10.6. The number of carbonyl (C=O) groups is 1. The first kappa shape index (κ1) is 23.1. The number of nitrogens with zero attached hydrogens (tertiary/aromatic N) is 1.